The molecule has 3 rings (SSSR count). The molecule has 0 N–H and O–H groups in total. The SMILES string of the molecule is Cn1nccc1C(=O)N1CCC(c2ncon2)C1. The van der Waals surface area contributed by atoms with Crippen molar-refractivity contribution in [3.05, 3.63) is 30.2 Å². The Morgan fingerprint density at radius 3 is 3.11 bits per heavy atom. The first-order valence-electron chi connectivity index (χ1n) is 5.79. The Labute approximate surface area is 103 Å². The van der Waals surface area contributed by atoms with Gasteiger partial charge in [0, 0.05) is 32.3 Å². The number of nitrogens with zero attached hydrogens (tertiary/aromatic N) is 5. The van der Waals surface area contributed by atoms with E-state index in [1.54, 1.807) is 28.9 Å². The Balaban J connectivity index is 1.73. The highest BCUT2D eigenvalue weighted by atomic mass is 16.5. The molecule has 7 heteroatoms. The van der Waals surface area contributed by atoms with E-state index < -0.39 is 0 Å². The zero-order valence-electron chi connectivity index (χ0n) is 9.98. The van der Waals surface area contributed by atoms with Crippen molar-refractivity contribution in [1.29, 1.82) is 0 Å². The Kier molecular flexibility index (Phi) is 2.58. The summed E-state index contributed by atoms with van der Waals surface area (Å²) in [6.07, 6.45) is 3.81. The summed E-state index contributed by atoms with van der Waals surface area (Å²) < 4.78 is 6.32. The number of rotatable bonds is 2. The molecule has 1 atom stereocenters. The van der Waals surface area contributed by atoms with Crippen molar-refractivity contribution < 1.29 is 9.32 Å². The predicted molar refractivity (Wildman–Crippen MR) is 60.8 cm³/mol. The van der Waals surface area contributed by atoms with Crippen molar-refractivity contribution in [2.45, 2.75) is 12.3 Å². The first-order chi connectivity index (χ1) is 8.75. The van der Waals surface area contributed by atoms with Crippen LogP contribution >= 0.6 is 0 Å². The number of likely N-dealkylation sites (tertiary alicyclic amines) is 1. The molecule has 2 aromatic heterocycles. The van der Waals surface area contributed by atoms with E-state index in [-0.39, 0.29) is 11.8 Å². The number of carbonyl (C=O) groups excluding carboxylic acids is 1. The van der Waals surface area contributed by atoms with Crippen LogP contribution in [0.1, 0.15) is 28.7 Å². The molecule has 2 aromatic rings. The smallest absolute Gasteiger partial charge is 0.272 e. The molecule has 0 radical (unpaired) electrons. The minimum Gasteiger partial charge on any atom is -0.343 e. The Morgan fingerprint density at radius 1 is 1.56 bits per heavy atom. The van der Waals surface area contributed by atoms with Crippen LogP contribution in [-0.2, 0) is 7.05 Å². The molecule has 1 fully saturated rings. The Morgan fingerprint density at radius 2 is 2.44 bits per heavy atom. The number of hydrogen-bond donors (Lipinski definition) is 0. The highest BCUT2D eigenvalue weighted by Crippen LogP contribution is 2.25. The van der Waals surface area contributed by atoms with Crippen LogP contribution in [0.15, 0.2) is 23.2 Å². The molecule has 7 nitrogen and oxygen atoms in total. The largest absolute Gasteiger partial charge is 0.343 e. The molecule has 0 aliphatic carbocycles. The van der Waals surface area contributed by atoms with Crippen LogP contribution in [0.4, 0.5) is 0 Å². The van der Waals surface area contributed by atoms with Gasteiger partial charge in [0.05, 0.1) is 0 Å². The zero-order chi connectivity index (χ0) is 12.5. The van der Waals surface area contributed by atoms with E-state index in [0.717, 1.165) is 6.42 Å². The molecular weight excluding hydrogens is 234 g/mol. The second kappa shape index (κ2) is 4.25. The molecule has 0 saturated carbocycles. The first kappa shape index (κ1) is 10.9. The number of aryl methyl sites for hydroxylation is 1. The molecule has 94 valence electrons. The van der Waals surface area contributed by atoms with E-state index in [1.807, 2.05) is 0 Å². The van der Waals surface area contributed by atoms with Crippen molar-refractivity contribution in [3.63, 3.8) is 0 Å². The minimum absolute atomic E-state index is 0.000921. The normalized spacial score (nSPS) is 19.4. The average Bonchev–Trinajstić information content (AvgIpc) is 3.09. The van der Waals surface area contributed by atoms with Crippen molar-refractivity contribution >= 4 is 5.91 Å². The summed E-state index contributed by atoms with van der Waals surface area (Å²) in [5.74, 6) is 0.845. The molecule has 0 bridgehead atoms. The second-order valence-electron chi connectivity index (χ2n) is 4.37. The third-order valence-corrected chi connectivity index (χ3v) is 3.26. The lowest BCUT2D eigenvalue weighted by Gasteiger charge is -2.15. The summed E-state index contributed by atoms with van der Waals surface area (Å²) in [5.41, 5.74) is 0.601. The molecule has 1 saturated heterocycles. The van der Waals surface area contributed by atoms with Gasteiger partial charge < -0.3 is 9.42 Å². The molecule has 3 heterocycles. The minimum atomic E-state index is 0.000921. The molecule has 1 amide bonds. The van der Waals surface area contributed by atoms with Crippen LogP contribution in [0.25, 0.3) is 0 Å². The topological polar surface area (TPSA) is 77.0 Å². The first-order valence-corrected chi connectivity index (χ1v) is 5.79. The van der Waals surface area contributed by atoms with E-state index in [1.165, 1.54) is 6.39 Å². The molecule has 1 unspecified atom stereocenters. The molecule has 1 aliphatic rings. The van der Waals surface area contributed by atoms with Crippen LogP contribution in [0, 0.1) is 0 Å². The highest BCUT2D eigenvalue weighted by molar-refractivity contribution is 5.92. The van der Waals surface area contributed by atoms with E-state index in [0.29, 0.717) is 24.6 Å². The van der Waals surface area contributed by atoms with Gasteiger partial charge in [0.25, 0.3) is 5.91 Å². The molecule has 0 aromatic carbocycles. The third-order valence-electron chi connectivity index (χ3n) is 3.26. The van der Waals surface area contributed by atoms with Gasteiger partial charge in [-0.05, 0) is 12.5 Å². The lowest BCUT2D eigenvalue weighted by Crippen LogP contribution is -2.30. The summed E-state index contributed by atoms with van der Waals surface area (Å²) in [6, 6.07) is 1.73. The molecule has 1 aliphatic heterocycles. The molecule has 18 heavy (non-hydrogen) atoms. The van der Waals surface area contributed by atoms with Crippen molar-refractivity contribution in [2.75, 3.05) is 13.1 Å². The average molecular weight is 247 g/mol. The lowest BCUT2D eigenvalue weighted by molar-refractivity contribution is 0.0779. The van der Waals surface area contributed by atoms with Crippen molar-refractivity contribution in [3.8, 4) is 0 Å². The van der Waals surface area contributed by atoms with Crippen LogP contribution in [0.2, 0.25) is 0 Å². The van der Waals surface area contributed by atoms with Crippen LogP contribution in [0.3, 0.4) is 0 Å². The van der Waals surface area contributed by atoms with Gasteiger partial charge in [-0.3, -0.25) is 9.48 Å². The van der Waals surface area contributed by atoms with E-state index in [9.17, 15) is 4.79 Å². The summed E-state index contributed by atoms with van der Waals surface area (Å²) in [7, 11) is 1.76. The summed E-state index contributed by atoms with van der Waals surface area (Å²) in [4.78, 5) is 18.1. The van der Waals surface area contributed by atoms with Gasteiger partial charge in [-0.15, -0.1) is 0 Å². The monoisotopic (exact) mass is 247 g/mol. The number of hydrogen-bond acceptors (Lipinski definition) is 5. The van der Waals surface area contributed by atoms with Gasteiger partial charge in [-0.2, -0.15) is 10.1 Å². The lowest BCUT2D eigenvalue weighted by atomic mass is 10.1. The maximum Gasteiger partial charge on any atom is 0.272 e. The molecular formula is C11H13N5O2. The van der Waals surface area contributed by atoms with Crippen LogP contribution < -0.4 is 0 Å². The number of aromatic nitrogens is 4. The van der Waals surface area contributed by atoms with Gasteiger partial charge in [0.1, 0.15) is 5.69 Å². The quantitative estimate of drug-likeness (QED) is 0.769. The third kappa shape index (κ3) is 1.77. The number of amides is 1. The van der Waals surface area contributed by atoms with E-state index >= 15 is 0 Å². The highest BCUT2D eigenvalue weighted by Gasteiger charge is 2.31. The summed E-state index contributed by atoms with van der Waals surface area (Å²) in [6.45, 7) is 1.34. The fourth-order valence-corrected chi connectivity index (χ4v) is 2.26. The fourth-order valence-electron chi connectivity index (χ4n) is 2.26. The van der Waals surface area contributed by atoms with Crippen LogP contribution in [-0.4, -0.2) is 43.8 Å². The van der Waals surface area contributed by atoms with Gasteiger partial charge in [0.2, 0.25) is 6.39 Å². The van der Waals surface area contributed by atoms with Gasteiger partial charge in [-0.25, -0.2) is 0 Å². The maximum atomic E-state index is 12.2. The maximum absolute atomic E-state index is 12.2. The van der Waals surface area contributed by atoms with Gasteiger partial charge in [-0.1, -0.05) is 5.16 Å². The number of carbonyl (C=O) groups is 1. The Hall–Kier alpha value is -2.18. The van der Waals surface area contributed by atoms with E-state index in [2.05, 4.69) is 15.2 Å². The van der Waals surface area contributed by atoms with E-state index in [4.69, 9.17) is 4.52 Å². The van der Waals surface area contributed by atoms with Gasteiger partial charge in [0.15, 0.2) is 5.82 Å². The zero-order valence-corrected chi connectivity index (χ0v) is 9.98. The molecule has 0 spiro atoms. The Bertz CT molecular complexity index is 548. The van der Waals surface area contributed by atoms with Crippen molar-refractivity contribution in [1.82, 2.24) is 24.8 Å². The van der Waals surface area contributed by atoms with Crippen molar-refractivity contribution in [2.24, 2.45) is 7.05 Å². The standard InChI is InChI=1S/C11H13N5O2/c1-15-9(2-4-13-15)11(17)16-5-3-8(6-16)10-12-7-18-14-10/h2,4,7-8H,3,5-6H2,1H3. The summed E-state index contributed by atoms with van der Waals surface area (Å²) in [5, 5.41) is 7.84. The summed E-state index contributed by atoms with van der Waals surface area (Å²) >= 11 is 0. The van der Waals surface area contributed by atoms with Crippen LogP contribution in [0.5, 0.6) is 0 Å². The second-order valence-corrected chi connectivity index (χ2v) is 4.37. The fraction of sp³-hybridized carbons (Fsp3) is 0.455. The predicted octanol–water partition coefficient (Wildman–Crippen LogP) is 0.433. The van der Waals surface area contributed by atoms with Gasteiger partial charge >= 0.3 is 0 Å².